The van der Waals surface area contributed by atoms with E-state index in [2.05, 4.69) is 14.6 Å². The SMILES string of the molecule is O=S(=O)(NC1CCN2CCCCC12)c1cccnc1Cl. The Morgan fingerprint density at radius 1 is 1.30 bits per heavy atom. The molecule has 5 nitrogen and oxygen atoms in total. The monoisotopic (exact) mass is 315 g/mol. The highest BCUT2D eigenvalue weighted by molar-refractivity contribution is 7.89. The Morgan fingerprint density at radius 3 is 2.95 bits per heavy atom. The minimum absolute atomic E-state index is 0.0171. The third-order valence-corrected chi connectivity index (χ3v) is 6.11. The molecule has 0 radical (unpaired) electrons. The van der Waals surface area contributed by atoms with E-state index in [1.807, 2.05) is 0 Å². The molecule has 0 aliphatic carbocycles. The fraction of sp³-hybridized carbons (Fsp3) is 0.615. The van der Waals surface area contributed by atoms with E-state index >= 15 is 0 Å². The Kier molecular flexibility index (Phi) is 3.99. The summed E-state index contributed by atoms with van der Waals surface area (Å²) in [5.74, 6) is 0. The molecular formula is C13H18ClN3O2S. The first-order valence-electron chi connectivity index (χ1n) is 6.95. The number of rotatable bonds is 3. The van der Waals surface area contributed by atoms with Gasteiger partial charge in [-0.15, -0.1) is 0 Å². The first kappa shape index (κ1) is 14.3. The number of hydrogen-bond donors (Lipinski definition) is 1. The van der Waals surface area contributed by atoms with Gasteiger partial charge in [0.05, 0.1) is 0 Å². The third kappa shape index (κ3) is 2.70. The molecule has 3 rings (SSSR count). The van der Waals surface area contributed by atoms with Crippen molar-refractivity contribution >= 4 is 21.6 Å². The molecule has 0 bridgehead atoms. The normalized spacial score (nSPS) is 27.4. The van der Waals surface area contributed by atoms with Crippen LogP contribution >= 0.6 is 11.6 Å². The highest BCUT2D eigenvalue weighted by Gasteiger charge is 2.38. The highest BCUT2D eigenvalue weighted by Crippen LogP contribution is 2.28. The lowest BCUT2D eigenvalue weighted by Crippen LogP contribution is -2.46. The average Bonchev–Trinajstić information content (AvgIpc) is 2.82. The maximum Gasteiger partial charge on any atom is 0.243 e. The summed E-state index contributed by atoms with van der Waals surface area (Å²) in [7, 11) is -3.60. The number of nitrogens with one attached hydrogen (secondary N) is 1. The fourth-order valence-electron chi connectivity index (χ4n) is 3.22. The Morgan fingerprint density at radius 2 is 2.15 bits per heavy atom. The second-order valence-electron chi connectivity index (χ2n) is 5.41. The van der Waals surface area contributed by atoms with Crippen LogP contribution in [0.15, 0.2) is 23.2 Å². The van der Waals surface area contributed by atoms with Crippen molar-refractivity contribution in [3.8, 4) is 0 Å². The fourth-order valence-corrected chi connectivity index (χ4v) is 4.98. The molecule has 2 aliphatic rings. The summed E-state index contributed by atoms with van der Waals surface area (Å²) in [4.78, 5) is 6.29. The molecule has 0 spiro atoms. The van der Waals surface area contributed by atoms with Crippen molar-refractivity contribution in [3.63, 3.8) is 0 Å². The van der Waals surface area contributed by atoms with Crippen molar-refractivity contribution in [3.05, 3.63) is 23.5 Å². The summed E-state index contributed by atoms with van der Waals surface area (Å²) in [6.45, 7) is 2.05. The lowest BCUT2D eigenvalue weighted by molar-refractivity contribution is 0.186. The van der Waals surface area contributed by atoms with E-state index in [9.17, 15) is 8.42 Å². The van der Waals surface area contributed by atoms with Crippen molar-refractivity contribution in [1.29, 1.82) is 0 Å². The van der Waals surface area contributed by atoms with Gasteiger partial charge in [0.1, 0.15) is 10.0 Å². The Bertz CT molecular complexity index is 593. The molecule has 0 amide bonds. The molecule has 0 saturated carbocycles. The second kappa shape index (κ2) is 5.60. The van der Waals surface area contributed by atoms with Crippen molar-refractivity contribution in [2.45, 2.75) is 42.7 Å². The van der Waals surface area contributed by atoms with Crippen LogP contribution in [-0.2, 0) is 10.0 Å². The van der Waals surface area contributed by atoms with Crippen molar-refractivity contribution in [1.82, 2.24) is 14.6 Å². The molecule has 1 aromatic heterocycles. The predicted octanol–water partition coefficient (Wildman–Crippen LogP) is 1.64. The van der Waals surface area contributed by atoms with E-state index in [1.54, 1.807) is 6.07 Å². The molecule has 2 fully saturated rings. The molecule has 2 unspecified atom stereocenters. The summed E-state index contributed by atoms with van der Waals surface area (Å²) in [6, 6.07) is 3.39. The summed E-state index contributed by atoms with van der Waals surface area (Å²) in [5, 5.41) is 0.0264. The van der Waals surface area contributed by atoms with Crippen LogP contribution < -0.4 is 4.72 Å². The van der Waals surface area contributed by atoms with Crippen LogP contribution in [0.1, 0.15) is 25.7 Å². The molecule has 1 N–H and O–H groups in total. The van der Waals surface area contributed by atoms with Crippen LogP contribution in [0.3, 0.4) is 0 Å². The molecule has 2 saturated heterocycles. The summed E-state index contributed by atoms with van der Waals surface area (Å²) >= 11 is 5.89. The number of nitrogens with zero attached hydrogens (tertiary/aromatic N) is 2. The average molecular weight is 316 g/mol. The van der Waals surface area contributed by atoms with Gasteiger partial charge in [-0.2, -0.15) is 0 Å². The van der Waals surface area contributed by atoms with Gasteiger partial charge in [0.2, 0.25) is 10.0 Å². The molecule has 0 aromatic carbocycles. The van der Waals surface area contributed by atoms with Crippen LogP contribution in [0.25, 0.3) is 0 Å². The largest absolute Gasteiger partial charge is 0.299 e. The van der Waals surface area contributed by atoms with E-state index in [0.717, 1.165) is 25.9 Å². The summed E-state index contributed by atoms with van der Waals surface area (Å²) in [5.41, 5.74) is 0. The maximum absolute atomic E-state index is 12.4. The van der Waals surface area contributed by atoms with Crippen LogP contribution in [0.4, 0.5) is 0 Å². The summed E-state index contributed by atoms with van der Waals surface area (Å²) < 4.78 is 27.7. The zero-order valence-electron chi connectivity index (χ0n) is 11.1. The van der Waals surface area contributed by atoms with Gasteiger partial charge in [-0.25, -0.2) is 18.1 Å². The van der Waals surface area contributed by atoms with E-state index in [0.29, 0.717) is 6.04 Å². The lowest BCUT2D eigenvalue weighted by atomic mass is 10.00. The van der Waals surface area contributed by atoms with Gasteiger partial charge in [-0.05, 0) is 37.9 Å². The number of pyridine rings is 1. The topological polar surface area (TPSA) is 62.3 Å². The van der Waals surface area contributed by atoms with Crippen molar-refractivity contribution in [2.75, 3.05) is 13.1 Å². The zero-order chi connectivity index (χ0) is 14.2. The van der Waals surface area contributed by atoms with E-state index in [1.165, 1.54) is 25.1 Å². The van der Waals surface area contributed by atoms with Gasteiger partial charge in [0.15, 0.2) is 0 Å². The van der Waals surface area contributed by atoms with Crippen LogP contribution in [0.2, 0.25) is 5.15 Å². The van der Waals surface area contributed by atoms with E-state index in [4.69, 9.17) is 11.6 Å². The van der Waals surface area contributed by atoms with Crippen molar-refractivity contribution in [2.24, 2.45) is 0 Å². The number of hydrogen-bond acceptors (Lipinski definition) is 4. The Balaban J connectivity index is 1.79. The molecule has 2 aliphatic heterocycles. The number of piperidine rings is 1. The first-order chi connectivity index (χ1) is 9.58. The maximum atomic E-state index is 12.4. The summed E-state index contributed by atoms with van der Waals surface area (Å²) in [6.07, 6.45) is 5.80. The number of halogens is 1. The number of sulfonamides is 1. The minimum atomic E-state index is -3.60. The lowest BCUT2D eigenvalue weighted by Gasteiger charge is -2.32. The number of fused-ring (bicyclic) bond motifs is 1. The molecule has 3 heterocycles. The van der Waals surface area contributed by atoms with Gasteiger partial charge in [-0.3, -0.25) is 4.90 Å². The molecule has 7 heteroatoms. The zero-order valence-corrected chi connectivity index (χ0v) is 12.7. The smallest absolute Gasteiger partial charge is 0.243 e. The van der Waals surface area contributed by atoms with Gasteiger partial charge in [0, 0.05) is 24.8 Å². The minimum Gasteiger partial charge on any atom is -0.299 e. The van der Waals surface area contributed by atoms with Gasteiger partial charge < -0.3 is 0 Å². The Hall–Kier alpha value is -0.690. The quantitative estimate of drug-likeness (QED) is 0.861. The standard InChI is InChI=1S/C13H18ClN3O2S/c14-13-12(5-3-7-15-13)20(18,19)16-10-6-9-17-8-2-1-4-11(10)17/h3,5,7,10-11,16H,1-2,4,6,8-9H2. The van der Waals surface area contributed by atoms with Crippen LogP contribution in [0.5, 0.6) is 0 Å². The molecule has 20 heavy (non-hydrogen) atoms. The van der Waals surface area contributed by atoms with Gasteiger partial charge in [0.25, 0.3) is 0 Å². The van der Waals surface area contributed by atoms with Crippen LogP contribution in [0, 0.1) is 0 Å². The number of aromatic nitrogens is 1. The molecule has 1 aromatic rings. The van der Waals surface area contributed by atoms with Crippen LogP contribution in [-0.4, -0.2) is 43.5 Å². The Labute approximate surface area is 124 Å². The van der Waals surface area contributed by atoms with E-state index < -0.39 is 10.0 Å². The van der Waals surface area contributed by atoms with Gasteiger partial charge >= 0.3 is 0 Å². The third-order valence-electron chi connectivity index (χ3n) is 4.18. The predicted molar refractivity (Wildman–Crippen MR) is 77.2 cm³/mol. The highest BCUT2D eigenvalue weighted by atomic mass is 35.5. The molecular weight excluding hydrogens is 298 g/mol. The second-order valence-corrected chi connectivity index (χ2v) is 7.45. The molecule has 110 valence electrons. The van der Waals surface area contributed by atoms with Gasteiger partial charge in [-0.1, -0.05) is 18.0 Å². The first-order valence-corrected chi connectivity index (χ1v) is 8.81. The van der Waals surface area contributed by atoms with E-state index in [-0.39, 0.29) is 16.1 Å². The molecule has 2 atom stereocenters. The van der Waals surface area contributed by atoms with Crippen molar-refractivity contribution < 1.29 is 8.42 Å².